The molecule has 26 nitrogen and oxygen atoms in total. The summed E-state index contributed by atoms with van der Waals surface area (Å²) in [6, 6.07) is 35.9. The average molecular weight is 1430 g/mol. The second-order valence-electron chi connectivity index (χ2n) is 27.3. The van der Waals surface area contributed by atoms with E-state index in [1.807, 2.05) is 23.1 Å². The summed E-state index contributed by atoms with van der Waals surface area (Å²) in [4.78, 5) is 106. The number of carboxylic acid groups (broad SMARTS) is 1. The van der Waals surface area contributed by atoms with Crippen LogP contribution in [0.3, 0.4) is 0 Å². The van der Waals surface area contributed by atoms with Gasteiger partial charge in [-0.3, -0.25) is 43.5 Å². The number of aliphatic carboxylic acids is 1. The molecular weight excluding hydrogens is 1350 g/mol. The Morgan fingerprint density at radius 3 is 1.73 bits per heavy atom. The maximum absolute atomic E-state index is 15.0. The quantitative estimate of drug-likeness (QED) is 0.0506. The van der Waals surface area contributed by atoms with Crippen LogP contribution in [0.4, 0.5) is 26.0 Å². The summed E-state index contributed by atoms with van der Waals surface area (Å²) in [5, 5.41) is 55.4. The van der Waals surface area contributed by atoms with Gasteiger partial charge in [0, 0.05) is 87.1 Å². The number of aromatic nitrogens is 2. The molecule has 14 rings (SSSR count). The molecule has 542 valence electrons. The van der Waals surface area contributed by atoms with Gasteiger partial charge in [-0.15, -0.1) is 0 Å². The van der Waals surface area contributed by atoms with E-state index in [9.17, 15) is 58.1 Å². The molecule has 3 saturated carbocycles. The van der Waals surface area contributed by atoms with Crippen molar-refractivity contribution in [3.05, 3.63) is 132 Å². The predicted octanol–water partition coefficient (Wildman–Crippen LogP) is 8.59. The van der Waals surface area contributed by atoms with Crippen molar-refractivity contribution < 1.29 is 71.5 Å². The molecule has 6 aromatic rings. The number of carbonyl (C=O) groups is 7. The molecule has 0 bridgehead atoms. The molecular formula is C77H77F2N13O13. The number of benzene rings is 4. The average Bonchev–Trinajstić information content (AvgIpc) is 1.62. The second kappa shape index (κ2) is 32.8. The monoisotopic (exact) mass is 1430 g/mol. The number of aliphatic imine (C=N–C) groups is 2. The Balaban J connectivity index is 0.000000148. The minimum Gasteiger partial charge on any atom is -0.489 e. The molecule has 3 aliphatic carbocycles. The normalized spacial score (nSPS) is 22.3. The van der Waals surface area contributed by atoms with Crippen molar-refractivity contribution in [2.24, 2.45) is 45.5 Å². The van der Waals surface area contributed by atoms with Gasteiger partial charge in [0.25, 0.3) is 5.91 Å². The standard InChI is InChI=1S/C26H25FN6O3.C26H28N4O4.C25H24FN3O6/c1-15-30-13-22(31-15)26(35)33-9-7-24(20(27)14-33)36-23-5-4-17(10-18(23)12-28)21-11-19(6-8-29-21)32-25(34)16-2-3-16;1-16-14-30(15-16)26(32)22-12-21(22)25(31)29-24-11-18(4-7-28-24)17-2-3-23(19(10-17)13-27)34-20-5-8-33-9-6-20;26-20-12-29(23(31)13-30)7-6-22(20)35-21-5-4-15(8-16(21)11-27)14-2-1-3-17(9-14)28-24(32)18-10-19(18)25(33)34/h4-6,8,10-11,16,20,24H,2-3,7,9,13-14H2,1H3,(H,29,32,34);2-4,7,10-11,16,20-22H,5-6,8-9,12,14-15H2,1H3,(H,28,29,31);1-5,8-9,18-20,22,30H,6-7,10,12-13H2,(H,28,32)(H,33,34)/t20-,24+;21-,22-;18-,19+,20-,22+/m111/s1. The van der Waals surface area contributed by atoms with Crippen molar-refractivity contribution in [3.63, 3.8) is 0 Å². The SMILES string of the molecule is CC1=NCC(C(=O)N2CC[C@H](Oc3ccc(-c4cc(NC(=O)C5CC5)ccn4)cc3C#N)[C@H](F)C2)=N1.CC1CN(C(=O)[C@@H]2C[C@H]2C(=O)Nc2cc(-c3ccc(OC4CCOCC4)c(C#N)c3)ccn2)C1.N#Cc1cc(-c2cccc(NC(=O)[C@@H]3C[C@@H]3C(=O)O)c2)ccc1O[C@H]1CCN(C(=O)CO)C[C@H]1F. The van der Waals surface area contributed by atoms with Crippen LogP contribution in [0.1, 0.15) is 81.9 Å². The van der Waals surface area contributed by atoms with Gasteiger partial charge in [0.05, 0.1) is 78.9 Å². The number of hydrogen-bond donors (Lipinski definition) is 5. The maximum Gasteiger partial charge on any atom is 0.307 e. The highest BCUT2D eigenvalue weighted by Crippen LogP contribution is 2.43. The smallest absolute Gasteiger partial charge is 0.307 e. The van der Waals surface area contributed by atoms with Crippen LogP contribution in [0.25, 0.3) is 33.5 Å². The lowest BCUT2D eigenvalue weighted by Crippen LogP contribution is -2.51. The van der Waals surface area contributed by atoms with Gasteiger partial charge in [0.15, 0.2) is 12.3 Å². The number of aliphatic hydroxyl groups is 1. The van der Waals surface area contributed by atoms with E-state index < -0.39 is 54.9 Å². The van der Waals surface area contributed by atoms with Crippen LogP contribution in [0.15, 0.2) is 126 Å². The van der Waals surface area contributed by atoms with Crippen molar-refractivity contribution in [1.29, 1.82) is 15.8 Å². The van der Waals surface area contributed by atoms with Crippen LogP contribution in [-0.4, -0.2) is 184 Å². The van der Waals surface area contributed by atoms with Crippen molar-refractivity contribution in [2.45, 2.75) is 95.9 Å². The number of pyridine rings is 2. The molecule has 5 aliphatic heterocycles. The van der Waals surface area contributed by atoms with E-state index in [1.54, 1.807) is 104 Å². The van der Waals surface area contributed by atoms with Gasteiger partial charge in [0.2, 0.25) is 29.5 Å². The summed E-state index contributed by atoms with van der Waals surface area (Å²) >= 11 is 0. The molecule has 4 aromatic carbocycles. The van der Waals surface area contributed by atoms with E-state index in [2.05, 4.69) is 61.0 Å². The van der Waals surface area contributed by atoms with Crippen LogP contribution >= 0.6 is 0 Å². The number of carboxylic acids is 1. The van der Waals surface area contributed by atoms with Gasteiger partial charge in [-0.1, -0.05) is 31.2 Å². The zero-order chi connectivity index (χ0) is 74.0. The molecule has 0 unspecified atom stereocenters. The topological polar surface area (TPSA) is 365 Å². The van der Waals surface area contributed by atoms with Gasteiger partial charge in [-0.2, -0.15) is 15.8 Å². The first-order chi connectivity index (χ1) is 50.7. The van der Waals surface area contributed by atoms with Gasteiger partial charge < -0.3 is 59.8 Å². The number of rotatable bonds is 19. The van der Waals surface area contributed by atoms with E-state index in [0.717, 1.165) is 55.5 Å². The van der Waals surface area contributed by atoms with Gasteiger partial charge in [-0.05, 0) is 140 Å². The number of nitrogens with one attached hydrogen (secondary N) is 3. The second-order valence-corrected chi connectivity index (χ2v) is 27.3. The third kappa shape index (κ3) is 18.3. The maximum atomic E-state index is 15.0. The molecule has 5 N–H and O–H groups in total. The summed E-state index contributed by atoms with van der Waals surface area (Å²) < 4.78 is 52.7. The highest BCUT2D eigenvalue weighted by molar-refractivity contribution is 6.42. The predicted molar refractivity (Wildman–Crippen MR) is 379 cm³/mol. The highest BCUT2D eigenvalue weighted by atomic mass is 19.1. The van der Waals surface area contributed by atoms with Gasteiger partial charge >= 0.3 is 5.97 Å². The number of ether oxygens (including phenoxy) is 4. The third-order valence-electron chi connectivity index (χ3n) is 19.4. The number of likely N-dealkylation sites (tertiary alicyclic amines) is 3. The van der Waals surface area contributed by atoms with E-state index >= 15 is 0 Å². The first-order valence-corrected chi connectivity index (χ1v) is 35.0. The van der Waals surface area contributed by atoms with Crippen LogP contribution in [0.5, 0.6) is 17.2 Å². The molecule has 7 heterocycles. The molecule has 8 aliphatic rings. The Kier molecular flexibility index (Phi) is 22.9. The van der Waals surface area contributed by atoms with E-state index in [0.29, 0.717) is 95.4 Å². The summed E-state index contributed by atoms with van der Waals surface area (Å²) in [6.07, 6.45) is 3.67. The first-order valence-electron chi connectivity index (χ1n) is 35.0. The number of anilines is 3. The van der Waals surface area contributed by atoms with Crippen LogP contribution < -0.4 is 30.2 Å². The zero-order valence-electron chi connectivity index (χ0n) is 57.7. The Labute approximate surface area is 603 Å². The molecule has 2 aromatic heterocycles. The van der Waals surface area contributed by atoms with Gasteiger partial charge in [0.1, 0.15) is 77.7 Å². The lowest BCUT2D eigenvalue weighted by Gasteiger charge is -2.37. The minimum atomic E-state index is -1.46. The molecule has 28 heteroatoms. The van der Waals surface area contributed by atoms with Crippen molar-refractivity contribution in [1.82, 2.24) is 24.7 Å². The summed E-state index contributed by atoms with van der Waals surface area (Å²) in [7, 11) is 0. The van der Waals surface area contributed by atoms with Crippen LogP contribution in [0, 0.1) is 69.5 Å². The number of nitriles is 3. The zero-order valence-corrected chi connectivity index (χ0v) is 57.7. The molecule has 7 fully saturated rings. The lowest BCUT2D eigenvalue weighted by molar-refractivity contribution is -0.140. The number of amidine groups is 1. The molecule has 4 saturated heterocycles. The van der Waals surface area contributed by atoms with Crippen LogP contribution in [0.2, 0.25) is 0 Å². The number of amides is 6. The number of carbonyl (C=O) groups excluding carboxylic acids is 6. The number of nitrogens with zero attached hydrogens (tertiary/aromatic N) is 10. The van der Waals surface area contributed by atoms with Crippen molar-refractivity contribution in [3.8, 4) is 69.0 Å². The fourth-order valence-corrected chi connectivity index (χ4v) is 13.1. The first kappa shape index (κ1) is 73.2. The summed E-state index contributed by atoms with van der Waals surface area (Å²) in [5.74, 6) is -1.24. The lowest BCUT2D eigenvalue weighted by atomic mass is 10.0. The molecule has 105 heavy (non-hydrogen) atoms. The van der Waals surface area contributed by atoms with E-state index in [1.165, 1.54) is 9.80 Å². The fourth-order valence-electron chi connectivity index (χ4n) is 13.1. The Bertz CT molecular complexity index is 4540. The van der Waals surface area contributed by atoms with E-state index in [-0.39, 0.29) is 115 Å². The van der Waals surface area contributed by atoms with E-state index in [4.69, 9.17) is 29.2 Å². The number of hydrogen-bond acceptors (Lipinski definition) is 19. The van der Waals surface area contributed by atoms with Crippen molar-refractivity contribution in [2.75, 3.05) is 81.6 Å². The number of aliphatic hydroxyl groups excluding tert-OH is 1. The van der Waals surface area contributed by atoms with Crippen molar-refractivity contribution >= 4 is 70.2 Å². The minimum absolute atomic E-state index is 0.00168. The Hall–Kier alpha value is -11.5. The molecule has 0 radical (unpaired) electrons. The summed E-state index contributed by atoms with van der Waals surface area (Å²) in [6.45, 7) is 6.58. The van der Waals surface area contributed by atoms with Gasteiger partial charge in [-0.25, -0.2) is 18.8 Å². The number of halogens is 2. The Morgan fingerprint density at radius 2 is 1.14 bits per heavy atom. The molecule has 0 spiro atoms. The largest absolute Gasteiger partial charge is 0.489 e. The molecule has 6 amide bonds. The number of alkyl halides is 2. The van der Waals surface area contributed by atoms with Crippen LogP contribution in [-0.2, 0) is 38.3 Å². The fraction of sp³-hybridized carbons (Fsp3) is 0.403. The number of piperidine rings is 2. The Morgan fingerprint density at radius 1 is 0.590 bits per heavy atom. The summed E-state index contributed by atoms with van der Waals surface area (Å²) in [5.41, 5.74) is 6.73. The molecule has 8 atom stereocenters. The third-order valence-corrected chi connectivity index (χ3v) is 19.4. The highest BCUT2D eigenvalue weighted by Gasteiger charge is 2.51.